The lowest BCUT2D eigenvalue weighted by molar-refractivity contribution is 0.0815. The highest BCUT2D eigenvalue weighted by Gasteiger charge is 2.17. The quantitative estimate of drug-likeness (QED) is 0.845. The van der Waals surface area contributed by atoms with Crippen LogP contribution < -0.4 is 0 Å². The van der Waals surface area contributed by atoms with Crippen LogP contribution in [-0.4, -0.2) is 23.9 Å². The largest absolute Gasteiger partial charge is 0.393 e. The van der Waals surface area contributed by atoms with Crippen LogP contribution in [0.15, 0.2) is 12.1 Å². The third-order valence-electron chi connectivity index (χ3n) is 3.35. The molecule has 2 heterocycles. The van der Waals surface area contributed by atoms with Crippen LogP contribution in [0.1, 0.15) is 42.4 Å². The van der Waals surface area contributed by atoms with E-state index in [0.29, 0.717) is 6.10 Å². The minimum atomic E-state index is -0.206. The Morgan fingerprint density at radius 3 is 2.94 bits per heavy atom. The van der Waals surface area contributed by atoms with Crippen molar-refractivity contribution in [1.82, 2.24) is 0 Å². The molecule has 0 aliphatic carbocycles. The van der Waals surface area contributed by atoms with Crippen molar-refractivity contribution in [2.24, 2.45) is 0 Å². The van der Waals surface area contributed by atoms with E-state index in [-0.39, 0.29) is 6.10 Å². The molecule has 2 unspecified atom stereocenters. The number of hydrogen-bond donors (Lipinski definition) is 1. The predicted octanol–water partition coefficient (Wildman–Crippen LogP) is 3.17. The van der Waals surface area contributed by atoms with Crippen molar-refractivity contribution in [3.8, 4) is 0 Å². The molecular formula is C14H22O2S. The van der Waals surface area contributed by atoms with Gasteiger partial charge in [-0.15, -0.1) is 11.3 Å². The van der Waals surface area contributed by atoms with Crippen molar-refractivity contribution in [1.29, 1.82) is 0 Å². The van der Waals surface area contributed by atoms with Gasteiger partial charge in [0.2, 0.25) is 0 Å². The van der Waals surface area contributed by atoms with E-state index in [1.807, 2.05) is 11.3 Å². The Morgan fingerprint density at radius 1 is 1.47 bits per heavy atom. The van der Waals surface area contributed by atoms with Gasteiger partial charge < -0.3 is 9.84 Å². The first-order valence-corrected chi connectivity index (χ1v) is 7.47. The van der Waals surface area contributed by atoms with Gasteiger partial charge in [-0.1, -0.05) is 6.92 Å². The first-order chi connectivity index (χ1) is 8.28. The molecule has 2 atom stereocenters. The zero-order valence-electron chi connectivity index (χ0n) is 10.5. The van der Waals surface area contributed by atoms with E-state index in [1.165, 1.54) is 22.6 Å². The molecule has 0 spiro atoms. The third kappa shape index (κ3) is 4.09. The van der Waals surface area contributed by atoms with Gasteiger partial charge in [-0.25, -0.2) is 0 Å². The number of thiophene rings is 1. The molecule has 1 aliphatic heterocycles. The monoisotopic (exact) mass is 254 g/mol. The summed E-state index contributed by atoms with van der Waals surface area (Å²) in [4.78, 5) is 2.72. The van der Waals surface area contributed by atoms with Gasteiger partial charge in [0.1, 0.15) is 0 Å². The fourth-order valence-corrected chi connectivity index (χ4v) is 3.34. The highest BCUT2D eigenvalue weighted by Crippen LogP contribution is 2.22. The second kappa shape index (κ2) is 6.53. The normalized spacial score (nSPS) is 21.9. The predicted molar refractivity (Wildman–Crippen MR) is 71.6 cm³/mol. The van der Waals surface area contributed by atoms with Crippen molar-refractivity contribution >= 4 is 11.3 Å². The summed E-state index contributed by atoms with van der Waals surface area (Å²) in [6.45, 7) is 3.08. The van der Waals surface area contributed by atoms with Gasteiger partial charge in [0.15, 0.2) is 0 Å². The Labute approximate surface area is 108 Å². The third-order valence-corrected chi connectivity index (χ3v) is 4.60. The van der Waals surface area contributed by atoms with Crippen molar-refractivity contribution in [2.45, 2.75) is 57.7 Å². The van der Waals surface area contributed by atoms with Gasteiger partial charge in [0, 0.05) is 22.8 Å². The number of ether oxygens (including phenoxy) is 1. The molecule has 0 radical (unpaired) electrons. The summed E-state index contributed by atoms with van der Waals surface area (Å²) in [6, 6.07) is 4.32. The lowest BCUT2D eigenvalue weighted by Crippen LogP contribution is -2.14. The molecule has 0 amide bonds. The molecule has 1 N–H and O–H groups in total. The molecule has 2 nitrogen and oxygen atoms in total. The maximum absolute atomic E-state index is 10.00. The molecule has 2 rings (SSSR count). The minimum absolute atomic E-state index is 0.206. The Kier molecular flexibility index (Phi) is 5.01. The van der Waals surface area contributed by atoms with Gasteiger partial charge in [0.25, 0.3) is 0 Å². The second-order valence-corrected chi connectivity index (χ2v) is 6.04. The summed E-state index contributed by atoms with van der Waals surface area (Å²) < 4.78 is 5.57. The van der Waals surface area contributed by atoms with E-state index in [2.05, 4.69) is 19.1 Å². The van der Waals surface area contributed by atoms with Crippen LogP contribution in [0, 0.1) is 0 Å². The summed E-state index contributed by atoms with van der Waals surface area (Å²) >= 11 is 1.83. The number of hydrogen-bond acceptors (Lipinski definition) is 3. The first kappa shape index (κ1) is 13.1. The van der Waals surface area contributed by atoms with E-state index in [9.17, 15) is 5.11 Å². The van der Waals surface area contributed by atoms with Crippen molar-refractivity contribution < 1.29 is 9.84 Å². The van der Waals surface area contributed by atoms with Gasteiger partial charge >= 0.3 is 0 Å². The SMILES string of the molecule is CCc1ccc(CC(O)CCC2CCCO2)s1. The van der Waals surface area contributed by atoms with Crippen molar-refractivity contribution in [3.63, 3.8) is 0 Å². The number of aryl methyl sites for hydroxylation is 1. The van der Waals surface area contributed by atoms with Crippen LogP contribution in [0.4, 0.5) is 0 Å². The molecule has 0 bridgehead atoms. The van der Waals surface area contributed by atoms with E-state index in [4.69, 9.17) is 4.74 Å². The average Bonchev–Trinajstić information content (AvgIpc) is 2.97. The molecule has 17 heavy (non-hydrogen) atoms. The van der Waals surface area contributed by atoms with Gasteiger partial charge in [-0.2, -0.15) is 0 Å². The molecule has 1 saturated heterocycles. The Hall–Kier alpha value is -0.380. The highest BCUT2D eigenvalue weighted by molar-refractivity contribution is 7.11. The minimum Gasteiger partial charge on any atom is -0.393 e. The highest BCUT2D eigenvalue weighted by atomic mass is 32.1. The van der Waals surface area contributed by atoms with E-state index in [0.717, 1.165) is 32.3 Å². The molecule has 1 aliphatic rings. The van der Waals surface area contributed by atoms with Gasteiger partial charge in [0.05, 0.1) is 12.2 Å². The standard InChI is InChI=1S/C14H22O2S/c1-2-13-7-8-14(17-13)10-11(15)5-6-12-4-3-9-16-12/h7-8,11-12,15H,2-6,9-10H2,1H3. The molecule has 1 fully saturated rings. The fraction of sp³-hybridized carbons (Fsp3) is 0.714. The molecule has 0 saturated carbocycles. The second-order valence-electron chi connectivity index (χ2n) is 4.79. The average molecular weight is 254 g/mol. The topological polar surface area (TPSA) is 29.5 Å². The van der Waals surface area contributed by atoms with E-state index >= 15 is 0 Å². The smallest absolute Gasteiger partial charge is 0.0589 e. The number of aliphatic hydroxyl groups excluding tert-OH is 1. The number of aliphatic hydroxyl groups is 1. The fourth-order valence-electron chi connectivity index (χ4n) is 2.31. The maximum atomic E-state index is 10.00. The summed E-state index contributed by atoms with van der Waals surface area (Å²) in [5.74, 6) is 0. The summed E-state index contributed by atoms with van der Waals surface area (Å²) in [5.41, 5.74) is 0. The molecule has 0 aromatic carbocycles. The molecule has 3 heteroatoms. The van der Waals surface area contributed by atoms with Crippen LogP contribution in [0.3, 0.4) is 0 Å². The molecule has 1 aromatic rings. The molecular weight excluding hydrogens is 232 g/mol. The summed E-state index contributed by atoms with van der Waals surface area (Å²) in [7, 11) is 0. The van der Waals surface area contributed by atoms with Crippen LogP contribution >= 0.6 is 11.3 Å². The van der Waals surface area contributed by atoms with Gasteiger partial charge in [-0.05, 0) is 44.2 Å². The lowest BCUT2D eigenvalue weighted by Gasteiger charge is -2.13. The maximum Gasteiger partial charge on any atom is 0.0589 e. The lowest BCUT2D eigenvalue weighted by atomic mass is 10.1. The summed E-state index contributed by atoms with van der Waals surface area (Å²) in [5, 5.41) is 10.00. The Bertz CT molecular complexity index is 329. The van der Waals surface area contributed by atoms with Crippen LogP contribution in [0.25, 0.3) is 0 Å². The molecule has 96 valence electrons. The van der Waals surface area contributed by atoms with E-state index in [1.54, 1.807) is 0 Å². The van der Waals surface area contributed by atoms with Crippen molar-refractivity contribution in [3.05, 3.63) is 21.9 Å². The van der Waals surface area contributed by atoms with Crippen LogP contribution in [-0.2, 0) is 17.6 Å². The molecule has 1 aromatic heterocycles. The Morgan fingerprint density at radius 2 is 2.29 bits per heavy atom. The van der Waals surface area contributed by atoms with Crippen LogP contribution in [0.2, 0.25) is 0 Å². The van der Waals surface area contributed by atoms with E-state index < -0.39 is 0 Å². The zero-order valence-corrected chi connectivity index (χ0v) is 11.3. The Balaban J connectivity index is 1.70. The van der Waals surface area contributed by atoms with Gasteiger partial charge in [-0.3, -0.25) is 0 Å². The van der Waals surface area contributed by atoms with Crippen LogP contribution in [0.5, 0.6) is 0 Å². The van der Waals surface area contributed by atoms with Crippen molar-refractivity contribution in [2.75, 3.05) is 6.61 Å². The summed E-state index contributed by atoms with van der Waals surface area (Å²) in [6.07, 6.45) is 6.32. The first-order valence-electron chi connectivity index (χ1n) is 6.65. The number of rotatable bonds is 6. The zero-order chi connectivity index (χ0) is 12.1.